The zero-order chi connectivity index (χ0) is 25.6. The first kappa shape index (κ1) is 23.9. The lowest BCUT2D eigenvalue weighted by Gasteiger charge is -2.10. The normalized spacial score (nSPS) is 14.2. The number of nitrogens with zero attached hydrogens (tertiary/aromatic N) is 3. The molecule has 0 aliphatic carbocycles. The molecule has 2 aromatic heterocycles. The van der Waals surface area contributed by atoms with Crippen molar-refractivity contribution in [1.82, 2.24) is 14.5 Å². The number of benzene rings is 2. The van der Waals surface area contributed by atoms with Crippen molar-refractivity contribution in [3.05, 3.63) is 107 Å². The van der Waals surface area contributed by atoms with Gasteiger partial charge in [0, 0.05) is 12.7 Å². The van der Waals surface area contributed by atoms with E-state index in [1.54, 1.807) is 6.08 Å². The van der Waals surface area contributed by atoms with Crippen molar-refractivity contribution in [3.63, 3.8) is 0 Å². The van der Waals surface area contributed by atoms with Crippen LogP contribution in [0.2, 0.25) is 0 Å². The van der Waals surface area contributed by atoms with E-state index in [1.807, 2.05) is 77.5 Å². The Morgan fingerprint density at radius 1 is 0.838 bits per heavy atom. The minimum absolute atomic E-state index is 0.0362. The number of carbonyl (C=O) groups excluding carboxylic acids is 1. The van der Waals surface area contributed by atoms with Gasteiger partial charge in [-0.15, -0.1) is 0 Å². The molecule has 0 fully saturated rings. The van der Waals surface area contributed by atoms with Gasteiger partial charge in [-0.05, 0) is 23.3 Å². The number of esters is 1. The lowest BCUT2D eigenvalue weighted by molar-refractivity contribution is -0.136. The topological polar surface area (TPSA) is 93.9 Å². The number of carbonyl (C=O) groups is 1. The quantitative estimate of drug-likeness (QED) is 0.294. The predicted molar refractivity (Wildman–Crippen MR) is 134 cm³/mol. The molecule has 1 aliphatic heterocycles. The smallest absolute Gasteiger partial charge is 0.383 e. The summed E-state index contributed by atoms with van der Waals surface area (Å²) in [5, 5.41) is 0. The van der Waals surface area contributed by atoms with E-state index in [-0.39, 0.29) is 36.5 Å². The zero-order valence-corrected chi connectivity index (χ0v) is 20.4. The van der Waals surface area contributed by atoms with E-state index < -0.39 is 5.97 Å². The maximum atomic E-state index is 12.8. The zero-order valence-electron chi connectivity index (χ0n) is 20.4. The minimum atomic E-state index is -0.603. The number of methoxy groups -OCH3 is 2. The highest BCUT2D eigenvalue weighted by Gasteiger charge is 2.34. The van der Waals surface area contributed by atoms with Crippen molar-refractivity contribution >= 4 is 17.0 Å². The van der Waals surface area contributed by atoms with E-state index >= 15 is 0 Å². The average Bonchev–Trinajstić information content (AvgIpc) is 3.49. The van der Waals surface area contributed by atoms with Crippen molar-refractivity contribution < 1.29 is 28.5 Å². The molecule has 0 saturated carbocycles. The Balaban J connectivity index is 1.44. The summed E-state index contributed by atoms with van der Waals surface area (Å²) in [5.74, 6) is 0.337. The summed E-state index contributed by atoms with van der Waals surface area (Å²) in [7, 11) is 3.03. The van der Waals surface area contributed by atoms with Crippen molar-refractivity contribution in [1.29, 1.82) is 0 Å². The molecule has 0 unspecified atom stereocenters. The molecule has 3 heterocycles. The number of aromatic nitrogens is 3. The second-order valence-electron chi connectivity index (χ2n) is 8.09. The number of cyclic esters (lactones) is 1. The fourth-order valence-electron chi connectivity index (χ4n) is 3.87. The first-order chi connectivity index (χ1) is 18.2. The van der Waals surface area contributed by atoms with Crippen LogP contribution in [0, 0.1) is 0 Å². The molecule has 2 aromatic carbocycles. The van der Waals surface area contributed by atoms with Crippen molar-refractivity contribution in [3.8, 4) is 11.9 Å². The first-order valence-corrected chi connectivity index (χ1v) is 11.6. The Labute approximate surface area is 213 Å². The number of hydrogen-bond acceptors (Lipinski definition) is 8. The predicted octanol–water partition coefficient (Wildman–Crippen LogP) is 4.53. The highest BCUT2D eigenvalue weighted by Crippen LogP contribution is 2.31. The molecular weight excluding hydrogens is 474 g/mol. The molecule has 0 radical (unpaired) electrons. The summed E-state index contributed by atoms with van der Waals surface area (Å²) in [6, 6.07) is 21.3. The number of rotatable bonds is 10. The first-order valence-electron chi connectivity index (χ1n) is 11.6. The fraction of sp³-hybridized carbons (Fsp3) is 0.179. The van der Waals surface area contributed by atoms with Gasteiger partial charge in [0.2, 0.25) is 11.6 Å². The van der Waals surface area contributed by atoms with E-state index in [4.69, 9.17) is 23.7 Å². The number of ether oxygens (including phenoxy) is 5. The average molecular weight is 500 g/mol. The summed E-state index contributed by atoms with van der Waals surface area (Å²) in [5.41, 5.74) is 3.21. The third kappa shape index (κ3) is 5.25. The van der Waals surface area contributed by atoms with Gasteiger partial charge < -0.3 is 28.3 Å². The van der Waals surface area contributed by atoms with Gasteiger partial charge in [0.15, 0.2) is 5.76 Å². The lowest BCUT2D eigenvalue weighted by Crippen LogP contribution is -2.04. The van der Waals surface area contributed by atoms with Crippen LogP contribution in [0.5, 0.6) is 11.9 Å². The van der Waals surface area contributed by atoms with Crippen molar-refractivity contribution in [2.24, 2.45) is 0 Å². The summed E-state index contributed by atoms with van der Waals surface area (Å²) in [6.07, 6.45) is 3.59. The van der Waals surface area contributed by atoms with Gasteiger partial charge in [-0.1, -0.05) is 60.7 Å². The van der Waals surface area contributed by atoms with Crippen LogP contribution in [0.3, 0.4) is 0 Å². The third-order valence-electron chi connectivity index (χ3n) is 5.68. The molecule has 1 aliphatic rings. The highest BCUT2D eigenvalue weighted by molar-refractivity contribution is 5.91. The van der Waals surface area contributed by atoms with Gasteiger partial charge in [0.05, 0.1) is 19.7 Å². The number of hydrogen-bond donors (Lipinski definition) is 0. The largest absolute Gasteiger partial charge is 0.481 e. The molecule has 0 amide bonds. The van der Waals surface area contributed by atoms with Crippen LogP contribution >= 0.6 is 0 Å². The van der Waals surface area contributed by atoms with Crippen LogP contribution in [0.15, 0.2) is 96.3 Å². The van der Waals surface area contributed by atoms with E-state index in [2.05, 4.69) is 9.97 Å². The van der Waals surface area contributed by atoms with Crippen LogP contribution in [0.4, 0.5) is 0 Å². The Morgan fingerprint density at radius 3 is 2.11 bits per heavy atom. The van der Waals surface area contributed by atoms with Gasteiger partial charge in [0.1, 0.15) is 18.7 Å². The standard InChI is InChI=1S/C28H25N3O6/c1-33-26-23-21(29-28(30-26)34-2)13-15-31(23)16-14-22-24(35-17-19-9-5-3-6-10-19)25(27(32)37-22)36-18-20-11-7-4-8-12-20/h3-15H,16-18H2,1-2H3/b22-14-. The van der Waals surface area contributed by atoms with Gasteiger partial charge in [0.25, 0.3) is 5.76 Å². The lowest BCUT2D eigenvalue weighted by atomic mass is 10.2. The van der Waals surface area contributed by atoms with Crippen molar-refractivity contribution in [2.75, 3.05) is 14.2 Å². The van der Waals surface area contributed by atoms with E-state index in [0.717, 1.165) is 11.1 Å². The number of allylic oxidation sites excluding steroid dienone is 1. The Morgan fingerprint density at radius 2 is 1.49 bits per heavy atom. The number of fused-ring (bicyclic) bond motifs is 1. The minimum Gasteiger partial charge on any atom is -0.481 e. The third-order valence-corrected chi connectivity index (χ3v) is 5.68. The molecule has 0 bridgehead atoms. The highest BCUT2D eigenvalue weighted by atomic mass is 16.6. The fourth-order valence-corrected chi connectivity index (χ4v) is 3.87. The van der Waals surface area contributed by atoms with Gasteiger partial charge >= 0.3 is 12.0 Å². The summed E-state index contributed by atoms with van der Waals surface area (Å²) in [6.45, 7) is 0.786. The van der Waals surface area contributed by atoms with E-state index in [9.17, 15) is 4.79 Å². The molecule has 188 valence electrons. The maximum Gasteiger partial charge on any atom is 0.383 e. The van der Waals surface area contributed by atoms with Gasteiger partial charge in [-0.25, -0.2) is 4.79 Å². The molecule has 5 rings (SSSR count). The molecule has 9 heteroatoms. The molecule has 4 aromatic rings. The Hall–Kier alpha value is -4.79. The van der Waals surface area contributed by atoms with Crippen LogP contribution < -0.4 is 9.47 Å². The maximum absolute atomic E-state index is 12.8. The molecule has 9 nitrogen and oxygen atoms in total. The van der Waals surface area contributed by atoms with E-state index in [0.29, 0.717) is 23.5 Å². The Bertz CT molecular complexity index is 1460. The molecule has 37 heavy (non-hydrogen) atoms. The van der Waals surface area contributed by atoms with Crippen LogP contribution in [-0.2, 0) is 38.8 Å². The summed E-state index contributed by atoms with van der Waals surface area (Å²) < 4.78 is 30.0. The molecule has 0 saturated heterocycles. The monoisotopic (exact) mass is 499 g/mol. The summed E-state index contributed by atoms with van der Waals surface area (Å²) >= 11 is 0. The van der Waals surface area contributed by atoms with Crippen LogP contribution in [0.1, 0.15) is 11.1 Å². The molecule has 0 atom stereocenters. The van der Waals surface area contributed by atoms with Crippen molar-refractivity contribution in [2.45, 2.75) is 19.8 Å². The van der Waals surface area contributed by atoms with E-state index in [1.165, 1.54) is 14.2 Å². The molecule has 0 spiro atoms. The van der Waals surface area contributed by atoms with Gasteiger partial charge in [-0.2, -0.15) is 9.97 Å². The summed E-state index contributed by atoms with van der Waals surface area (Å²) in [4.78, 5) is 21.4. The van der Waals surface area contributed by atoms with Gasteiger partial charge in [-0.3, -0.25) is 0 Å². The molecular formula is C28H25N3O6. The van der Waals surface area contributed by atoms with Crippen LogP contribution in [-0.4, -0.2) is 34.7 Å². The Kier molecular flexibility index (Phi) is 7.02. The van der Waals surface area contributed by atoms with Crippen LogP contribution in [0.25, 0.3) is 11.0 Å². The SMILES string of the molecule is COc1nc(OC)c2c(ccn2C/C=C2\OC(=O)C(OCc3ccccc3)=C2OCc2ccccc2)n1. The second-order valence-corrected chi connectivity index (χ2v) is 8.09. The second kappa shape index (κ2) is 10.9. The molecule has 0 N–H and O–H groups in total.